The SMILES string of the molecule is N#CCCN(C(=O)CN1CCN(C(=O)c2cc3ccccc3[nH]2)CC1)c1ccccc1. The molecule has 0 saturated carbocycles. The Bertz CT molecular complexity index is 1060. The first-order chi connectivity index (χ1) is 15.2. The van der Waals surface area contributed by atoms with Gasteiger partial charge in [0.05, 0.1) is 19.0 Å². The number of aromatic amines is 1. The average molecular weight is 415 g/mol. The molecular weight excluding hydrogens is 390 g/mol. The number of nitrogens with one attached hydrogen (secondary N) is 1. The maximum atomic E-state index is 12.9. The van der Waals surface area contributed by atoms with E-state index in [9.17, 15) is 9.59 Å². The van der Waals surface area contributed by atoms with Gasteiger partial charge in [-0.15, -0.1) is 0 Å². The van der Waals surface area contributed by atoms with E-state index in [4.69, 9.17) is 5.26 Å². The summed E-state index contributed by atoms with van der Waals surface area (Å²) in [7, 11) is 0. The summed E-state index contributed by atoms with van der Waals surface area (Å²) >= 11 is 0. The third kappa shape index (κ3) is 4.76. The number of rotatable bonds is 6. The summed E-state index contributed by atoms with van der Waals surface area (Å²) in [6.45, 7) is 3.07. The van der Waals surface area contributed by atoms with Gasteiger partial charge in [-0.1, -0.05) is 36.4 Å². The van der Waals surface area contributed by atoms with Crippen molar-refractivity contribution in [2.24, 2.45) is 0 Å². The molecular formula is C24H25N5O2. The Labute approximate surface area is 181 Å². The van der Waals surface area contributed by atoms with Gasteiger partial charge in [-0.2, -0.15) is 5.26 Å². The van der Waals surface area contributed by atoms with E-state index in [0.29, 0.717) is 38.4 Å². The summed E-state index contributed by atoms with van der Waals surface area (Å²) in [5, 5.41) is 9.97. The van der Waals surface area contributed by atoms with Gasteiger partial charge in [0, 0.05) is 49.3 Å². The van der Waals surface area contributed by atoms with E-state index in [1.807, 2.05) is 65.6 Å². The van der Waals surface area contributed by atoms with Gasteiger partial charge in [-0.3, -0.25) is 14.5 Å². The third-order valence-corrected chi connectivity index (χ3v) is 5.59. The number of hydrogen-bond donors (Lipinski definition) is 1. The van der Waals surface area contributed by atoms with Crippen LogP contribution in [0, 0.1) is 11.3 Å². The van der Waals surface area contributed by atoms with Crippen molar-refractivity contribution in [1.82, 2.24) is 14.8 Å². The molecule has 1 saturated heterocycles. The van der Waals surface area contributed by atoms with Crippen LogP contribution in [0.25, 0.3) is 10.9 Å². The van der Waals surface area contributed by atoms with Crippen molar-refractivity contribution in [3.05, 3.63) is 66.4 Å². The van der Waals surface area contributed by atoms with Crippen LogP contribution >= 0.6 is 0 Å². The van der Waals surface area contributed by atoms with E-state index < -0.39 is 0 Å². The number of carbonyl (C=O) groups excluding carboxylic acids is 2. The number of piperazine rings is 1. The summed E-state index contributed by atoms with van der Waals surface area (Å²) in [4.78, 5) is 34.6. The van der Waals surface area contributed by atoms with Crippen LogP contribution in [-0.2, 0) is 4.79 Å². The molecule has 7 heteroatoms. The van der Waals surface area contributed by atoms with Crippen molar-refractivity contribution in [2.75, 3.05) is 44.2 Å². The lowest BCUT2D eigenvalue weighted by Crippen LogP contribution is -2.51. The number of fused-ring (bicyclic) bond motifs is 1. The molecule has 3 aromatic rings. The number of nitrogens with zero attached hydrogens (tertiary/aromatic N) is 4. The smallest absolute Gasteiger partial charge is 0.270 e. The minimum absolute atomic E-state index is 0.0119. The number of carbonyl (C=O) groups is 2. The highest BCUT2D eigenvalue weighted by molar-refractivity contribution is 5.98. The minimum Gasteiger partial charge on any atom is -0.351 e. The maximum absolute atomic E-state index is 12.9. The van der Waals surface area contributed by atoms with Crippen LogP contribution in [0.2, 0.25) is 0 Å². The fraction of sp³-hybridized carbons (Fsp3) is 0.292. The molecule has 1 fully saturated rings. The molecule has 158 valence electrons. The van der Waals surface area contributed by atoms with Crippen LogP contribution in [0.5, 0.6) is 0 Å². The molecule has 7 nitrogen and oxygen atoms in total. The lowest BCUT2D eigenvalue weighted by atomic mass is 10.2. The standard InChI is InChI=1S/C24H25N5O2/c25-11-6-12-29(20-8-2-1-3-9-20)23(30)18-27-13-15-28(16-14-27)24(31)22-17-19-7-4-5-10-21(19)26-22/h1-5,7-10,17,26H,6,12-16,18H2. The van der Waals surface area contributed by atoms with Crippen LogP contribution in [0.3, 0.4) is 0 Å². The fourth-order valence-electron chi connectivity index (χ4n) is 3.91. The van der Waals surface area contributed by atoms with Crippen LogP contribution in [0.1, 0.15) is 16.9 Å². The van der Waals surface area contributed by atoms with Gasteiger partial charge in [-0.05, 0) is 24.3 Å². The number of nitriles is 1. The van der Waals surface area contributed by atoms with Gasteiger partial charge in [0.25, 0.3) is 5.91 Å². The largest absolute Gasteiger partial charge is 0.351 e. The Morgan fingerprint density at radius 3 is 2.42 bits per heavy atom. The van der Waals surface area contributed by atoms with Crippen molar-refractivity contribution >= 4 is 28.4 Å². The Morgan fingerprint density at radius 2 is 1.71 bits per heavy atom. The number of H-pyrrole nitrogens is 1. The summed E-state index contributed by atoms with van der Waals surface area (Å²) in [6.07, 6.45) is 0.285. The summed E-state index contributed by atoms with van der Waals surface area (Å²) in [5.74, 6) is -0.0426. The van der Waals surface area contributed by atoms with Crippen LogP contribution in [0.15, 0.2) is 60.7 Å². The number of amides is 2. The summed E-state index contributed by atoms with van der Waals surface area (Å²) < 4.78 is 0. The molecule has 0 atom stereocenters. The van der Waals surface area contributed by atoms with Gasteiger partial charge in [-0.25, -0.2) is 0 Å². The van der Waals surface area contributed by atoms with E-state index in [2.05, 4.69) is 16.0 Å². The van der Waals surface area contributed by atoms with Crippen molar-refractivity contribution in [3.63, 3.8) is 0 Å². The predicted molar refractivity (Wildman–Crippen MR) is 120 cm³/mol. The molecule has 2 heterocycles. The number of aromatic nitrogens is 1. The van der Waals surface area contributed by atoms with Crippen molar-refractivity contribution in [2.45, 2.75) is 6.42 Å². The highest BCUT2D eigenvalue weighted by Crippen LogP contribution is 2.18. The zero-order valence-electron chi connectivity index (χ0n) is 17.3. The second-order valence-electron chi connectivity index (χ2n) is 7.63. The van der Waals surface area contributed by atoms with Gasteiger partial charge in [0.2, 0.25) is 5.91 Å². The second-order valence-corrected chi connectivity index (χ2v) is 7.63. The van der Waals surface area contributed by atoms with E-state index >= 15 is 0 Å². The van der Waals surface area contributed by atoms with Crippen LogP contribution in [-0.4, -0.2) is 65.9 Å². The van der Waals surface area contributed by atoms with E-state index in [0.717, 1.165) is 16.6 Å². The van der Waals surface area contributed by atoms with Gasteiger partial charge in [0.1, 0.15) is 5.69 Å². The Kier molecular flexibility index (Phi) is 6.29. The third-order valence-electron chi connectivity index (χ3n) is 5.59. The normalized spacial score (nSPS) is 14.4. The Hall–Kier alpha value is -3.63. The molecule has 1 aliphatic rings. The summed E-state index contributed by atoms with van der Waals surface area (Å²) in [6, 6.07) is 21.3. The molecule has 1 aliphatic heterocycles. The molecule has 0 unspecified atom stereocenters. The van der Waals surface area contributed by atoms with Crippen molar-refractivity contribution in [3.8, 4) is 6.07 Å². The second kappa shape index (κ2) is 9.45. The van der Waals surface area contributed by atoms with Gasteiger partial charge < -0.3 is 14.8 Å². The highest BCUT2D eigenvalue weighted by Gasteiger charge is 2.26. The molecule has 1 aromatic heterocycles. The topological polar surface area (TPSA) is 83.4 Å². The predicted octanol–water partition coefficient (Wildman–Crippen LogP) is 2.87. The zero-order chi connectivity index (χ0) is 21.6. The first-order valence-corrected chi connectivity index (χ1v) is 10.5. The molecule has 0 bridgehead atoms. The molecule has 2 aromatic carbocycles. The molecule has 31 heavy (non-hydrogen) atoms. The van der Waals surface area contributed by atoms with Crippen LogP contribution in [0.4, 0.5) is 5.69 Å². The first kappa shape index (κ1) is 20.6. The molecule has 0 spiro atoms. The molecule has 2 amide bonds. The number of para-hydroxylation sites is 2. The lowest BCUT2D eigenvalue weighted by molar-refractivity contribution is -0.120. The van der Waals surface area contributed by atoms with Crippen molar-refractivity contribution < 1.29 is 9.59 Å². The van der Waals surface area contributed by atoms with Crippen molar-refractivity contribution in [1.29, 1.82) is 5.26 Å². The zero-order valence-corrected chi connectivity index (χ0v) is 17.3. The molecule has 0 aliphatic carbocycles. The number of anilines is 1. The van der Waals surface area contributed by atoms with Crippen LogP contribution < -0.4 is 4.90 Å². The van der Waals surface area contributed by atoms with Gasteiger partial charge in [0.15, 0.2) is 0 Å². The Morgan fingerprint density at radius 1 is 1.00 bits per heavy atom. The highest BCUT2D eigenvalue weighted by atomic mass is 16.2. The molecule has 1 N–H and O–H groups in total. The summed E-state index contributed by atoms with van der Waals surface area (Å²) in [5.41, 5.74) is 2.35. The monoisotopic (exact) mass is 415 g/mol. The molecule has 0 radical (unpaired) electrons. The Balaban J connectivity index is 1.35. The average Bonchev–Trinajstić information content (AvgIpc) is 3.24. The van der Waals surface area contributed by atoms with E-state index in [-0.39, 0.29) is 24.8 Å². The number of hydrogen-bond acceptors (Lipinski definition) is 4. The fourth-order valence-corrected chi connectivity index (χ4v) is 3.91. The minimum atomic E-state index is -0.0307. The maximum Gasteiger partial charge on any atom is 0.270 e. The quantitative estimate of drug-likeness (QED) is 0.671. The lowest BCUT2D eigenvalue weighted by Gasteiger charge is -2.35. The first-order valence-electron chi connectivity index (χ1n) is 10.5. The van der Waals surface area contributed by atoms with E-state index in [1.54, 1.807) is 4.90 Å². The van der Waals surface area contributed by atoms with E-state index in [1.165, 1.54) is 0 Å². The molecule has 4 rings (SSSR count). The number of benzene rings is 2. The van der Waals surface area contributed by atoms with Gasteiger partial charge >= 0.3 is 0 Å².